The fourth-order valence-corrected chi connectivity index (χ4v) is 2.66. The Morgan fingerprint density at radius 2 is 1.90 bits per heavy atom. The Morgan fingerprint density at radius 1 is 1.10 bits per heavy atom. The summed E-state index contributed by atoms with van der Waals surface area (Å²) in [7, 11) is 0. The van der Waals surface area contributed by atoms with Gasteiger partial charge in [0, 0.05) is 18.4 Å². The molecule has 3 rings (SSSR count). The molecule has 0 bridgehead atoms. The second-order valence-corrected chi connectivity index (χ2v) is 5.29. The largest absolute Gasteiger partial charge is 0.296 e. The van der Waals surface area contributed by atoms with E-state index in [0.717, 1.165) is 17.6 Å². The van der Waals surface area contributed by atoms with Crippen LogP contribution in [0, 0.1) is 11.6 Å². The number of imidazole rings is 1. The van der Waals surface area contributed by atoms with Crippen LogP contribution in [0.1, 0.15) is 5.82 Å². The third-order valence-corrected chi connectivity index (χ3v) is 3.68. The molecule has 0 spiro atoms. The first-order valence-electron chi connectivity index (χ1n) is 6.29. The zero-order valence-corrected chi connectivity index (χ0v) is 12.3. The monoisotopic (exact) mass is 326 g/mol. The highest BCUT2D eigenvalue weighted by molar-refractivity contribution is 6.35. The Kier molecular flexibility index (Phi) is 3.83. The number of hydrogen-bond acceptors (Lipinski definition) is 1. The molecule has 2 nitrogen and oxygen atoms in total. The number of benzene rings is 2. The van der Waals surface area contributed by atoms with Gasteiger partial charge < -0.3 is 0 Å². The topological polar surface area (TPSA) is 17.8 Å². The molecule has 1 heterocycles. The van der Waals surface area contributed by atoms with Crippen LogP contribution in [0.25, 0.3) is 16.7 Å². The van der Waals surface area contributed by atoms with E-state index in [2.05, 4.69) is 4.98 Å². The summed E-state index contributed by atoms with van der Waals surface area (Å²) in [6.45, 7) is 0. The maximum absolute atomic E-state index is 13.5. The highest BCUT2D eigenvalue weighted by Crippen LogP contribution is 2.28. The molecule has 2 aromatic carbocycles. The van der Waals surface area contributed by atoms with E-state index in [9.17, 15) is 8.78 Å². The first kappa shape index (κ1) is 14.3. The van der Waals surface area contributed by atoms with Gasteiger partial charge in [0.15, 0.2) is 11.6 Å². The molecule has 0 amide bonds. The number of aryl methyl sites for hydroxylation is 1. The van der Waals surface area contributed by atoms with Crippen molar-refractivity contribution in [3.63, 3.8) is 0 Å². The van der Waals surface area contributed by atoms with Crippen molar-refractivity contribution in [1.82, 2.24) is 9.55 Å². The van der Waals surface area contributed by atoms with Gasteiger partial charge in [-0.2, -0.15) is 0 Å². The van der Waals surface area contributed by atoms with Crippen LogP contribution in [-0.4, -0.2) is 15.4 Å². The van der Waals surface area contributed by atoms with E-state index < -0.39 is 11.6 Å². The van der Waals surface area contributed by atoms with Crippen LogP contribution in [0.2, 0.25) is 5.02 Å². The van der Waals surface area contributed by atoms with Gasteiger partial charge in [0.05, 0.1) is 16.2 Å². The molecule has 108 valence electrons. The molecule has 0 aliphatic carbocycles. The Balaban J connectivity index is 2.30. The van der Waals surface area contributed by atoms with Crippen molar-refractivity contribution in [2.45, 2.75) is 6.42 Å². The van der Waals surface area contributed by atoms with E-state index in [4.69, 9.17) is 23.2 Å². The van der Waals surface area contributed by atoms with Crippen molar-refractivity contribution >= 4 is 34.2 Å². The lowest BCUT2D eigenvalue weighted by Crippen LogP contribution is -2.03. The Bertz CT molecular complexity index is 815. The van der Waals surface area contributed by atoms with Gasteiger partial charge in [0.1, 0.15) is 11.3 Å². The Hall–Kier alpha value is -1.65. The number of nitrogens with zero attached hydrogens (tertiary/aromatic N) is 2. The molecule has 0 aliphatic heterocycles. The molecular weight excluding hydrogens is 317 g/mol. The zero-order valence-electron chi connectivity index (χ0n) is 10.8. The SMILES string of the molecule is Fc1ccc(-n2c(CCCl)nc3c(Cl)cccc32)cc1F. The standard InChI is InChI=1S/C15H10Cl2F2N2/c16-7-6-14-20-15-10(17)2-1-3-13(15)21(14)9-4-5-11(18)12(19)8-9/h1-5,8H,6-7H2. The fourth-order valence-electron chi connectivity index (χ4n) is 2.28. The summed E-state index contributed by atoms with van der Waals surface area (Å²) in [4.78, 5) is 4.46. The van der Waals surface area contributed by atoms with Crippen molar-refractivity contribution in [3.8, 4) is 5.69 Å². The molecule has 0 atom stereocenters. The van der Waals surface area contributed by atoms with E-state index in [1.807, 2.05) is 6.07 Å². The van der Waals surface area contributed by atoms with Crippen LogP contribution in [0.4, 0.5) is 8.78 Å². The quantitative estimate of drug-likeness (QED) is 0.636. The lowest BCUT2D eigenvalue weighted by molar-refractivity contribution is 0.508. The van der Waals surface area contributed by atoms with Gasteiger partial charge in [-0.15, -0.1) is 11.6 Å². The van der Waals surface area contributed by atoms with Crippen molar-refractivity contribution in [2.75, 3.05) is 5.88 Å². The first-order chi connectivity index (χ1) is 10.1. The van der Waals surface area contributed by atoms with Crippen molar-refractivity contribution in [3.05, 3.63) is 58.9 Å². The summed E-state index contributed by atoms with van der Waals surface area (Å²) >= 11 is 11.9. The summed E-state index contributed by atoms with van der Waals surface area (Å²) in [6, 6.07) is 9.07. The normalized spacial score (nSPS) is 11.2. The molecule has 0 unspecified atom stereocenters. The average Bonchev–Trinajstić information content (AvgIpc) is 2.82. The van der Waals surface area contributed by atoms with E-state index in [1.54, 1.807) is 16.7 Å². The number of fused-ring (bicyclic) bond motifs is 1. The minimum atomic E-state index is -0.909. The third-order valence-electron chi connectivity index (χ3n) is 3.18. The van der Waals surface area contributed by atoms with Crippen LogP contribution in [-0.2, 0) is 6.42 Å². The maximum Gasteiger partial charge on any atom is 0.160 e. The molecule has 6 heteroatoms. The Labute approximate surface area is 129 Å². The minimum absolute atomic E-state index is 0.366. The number of aromatic nitrogens is 2. The summed E-state index contributed by atoms with van der Waals surface area (Å²) < 4.78 is 28.4. The molecule has 0 N–H and O–H groups in total. The van der Waals surface area contributed by atoms with Crippen LogP contribution >= 0.6 is 23.2 Å². The molecule has 3 aromatic rings. The van der Waals surface area contributed by atoms with E-state index >= 15 is 0 Å². The van der Waals surface area contributed by atoms with Crippen LogP contribution < -0.4 is 0 Å². The second kappa shape index (κ2) is 5.62. The van der Waals surface area contributed by atoms with E-state index in [0.29, 0.717) is 34.4 Å². The maximum atomic E-state index is 13.5. The van der Waals surface area contributed by atoms with Gasteiger partial charge in [-0.05, 0) is 24.3 Å². The van der Waals surface area contributed by atoms with Crippen LogP contribution in [0.3, 0.4) is 0 Å². The molecule has 0 saturated carbocycles. The smallest absolute Gasteiger partial charge is 0.160 e. The van der Waals surface area contributed by atoms with Crippen LogP contribution in [0.15, 0.2) is 36.4 Å². The molecule has 0 radical (unpaired) electrons. The second-order valence-electron chi connectivity index (χ2n) is 4.51. The highest BCUT2D eigenvalue weighted by Gasteiger charge is 2.15. The molecule has 1 aromatic heterocycles. The lowest BCUT2D eigenvalue weighted by atomic mass is 10.2. The molecule has 21 heavy (non-hydrogen) atoms. The number of halogens is 4. The molecule has 0 fully saturated rings. The van der Waals surface area contributed by atoms with Gasteiger partial charge in [-0.25, -0.2) is 13.8 Å². The predicted molar refractivity (Wildman–Crippen MR) is 80.4 cm³/mol. The number of hydrogen-bond donors (Lipinski definition) is 0. The zero-order chi connectivity index (χ0) is 15.0. The molecule has 0 aliphatic rings. The van der Waals surface area contributed by atoms with Gasteiger partial charge in [-0.3, -0.25) is 4.57 Å². The molecular formula is C15H10Cl2F2N2. The summed E-state index contributed by atoms with van der Waals surface area (Å²) in [5, 5.41) is 0.504. The lowest BCUT2D eigenvalue weighted by Gasteiger charge is -2.09. The predicted octanol–water partition coefficient (Wildman–Crippen LogP) is 4.74. The first-order valence-corrected chi connectivity index (χ1v) is 7.20. The summed E-state index contributed by atoms with van der Waals surface area (Å²) in [6.07, 6.45) is 0.492. The summed E-state index contributed by atoms with van der Waals surface area (Å²) in [5.74, 6) is -0.780. The van der Waals surface area contributed by atoms with Gasteiger partial charge in [0.25, 0.3) is 0 Å². The minimum Gasteiger partial charge on any atom is -0.296 e. The fraction of sp³-hybridized carbons (Fsp3) is 0.133. The number of para-hydroxylation sites is 1. The van der Waals surface area contributed by atoms with Crippen molar-refractivity contribution < 1.29 is 8.78 Å². The number of rotatable bonds is 3. The highest BCUT2D eigenvalue weighted by atomic mass is 35.5. The average molecular weight is 327 g/mol. The Morgan fingerprint density at radius 3 is 2.62 bits per heavy atom. The van der Waals surface area contributed by atoms with Crippen molar-refractivity contribution in [2.24, 2.45) is 0 Å². The summed E-state index contributed by atoms with van der Waals surface area (Å²) in [5.41, 5.74) is 1.83. The van der Waals surface area contributed by atoms with Crippen molar-refractivity contribution in [1.29, 1.82) is 0 Å². The van der Waals surface area contributed by atoms with Gasteiger partial charge in [0.2, 0.25) is 0 Å². The van der Waals surface area contributed by atoms with Gasteiger partial charge >= 0.3 is 0 Å². The van der Waals surface area contributed by atoms with E-state index in [1.165, 1.54) is 6.07 Å². The van der Waals surface area contributed by atoms with Gasteiger partial charge in [-0.1, -0.05) is 17.7 Å². The third kappa shape index (κ3) is 2.49. The van der Waals surface area contributed by atoms with E-state index in [-0.39, 0.29) is 0 Å². The van der Waals surface area contributed by atoms with Crippen LogP contribution in [0.5, 0.6) is 0 Å². The number of alkyl halides is 1. The molecule has 0 saturated heterocycles.